The summed E-state index contributed by atoms with van der Waals surface area (Å²) in [5.41, 5.74) is 2.85. The average Bonchev–Trinajstić information content (AvgIpc) is 3.19. The first-order valence-corrected chi connectivity index (χ1v) is 12.6. The van der Waals surface area contributed by atoms with E-state index < -0.39 is 17.9 Å². The number of aliphatic carboxylic acids is 1. The number of allylic oxidation sites excluding steroid dienone is 1. The van der Waals surface area contributed by atoms with Gasteiger partial charge in [0.25, 0.3) is 5.91 Å². The van der Waals surface area contributed by atoms with Crippen LogP contribution in [0, 0.1) is 0 Å². The van der Waals surface area contributed by atoms with Gasteiger partial charge in [0.15, 0.2) is 5.78 Å². The topological polar surface area (TPSA) is 83.9 Å². The van der Waals surface area contributed by atoms with Gasteiger partial charge in [0.1, 0.15) is 16.1 Å². The van der Waals surface area contributed by atoms with E-state index in [9.17, 15) is 19.5 Å². The third-order valence-electron chi connectivity index (χ3n) is 5.73. The molecule has 3 aromatic carbocycles. The number of hydrogen-bond acceptors (Lipinski definition) is 6. The Morgan fingerprint density at radius 1 is 1.00 bits per heavy atom. The number of carbonyl (C=O) groups excluding carboxylic acids is 2. The molecule has 0 saturated carbocycles. The minimum absolute atomic E-state index is 0.157. The highest BCUT2D eigenvalue weighted by Crippen LogP contribution is 2.35. The first-order valence-electron chi connectivity index (χ1n) is 11.4. The molecule has 1 unspecified atom stereocenters. The largest absolute Gasteiger partial charge is 0.496 e. The lowest BCUT2D eigenvalue weighted by molar-refractivity contribution is -0.145. The zero-order valence-electron chi connectivity index (χ0n) is 19.9. The number of rotatable bonds is 9. The Balaban J connectivity index is 1.47. The zero-order valence-corrected chi connectivity index (χ0v) is 21.5. The van der Waals surface area contributed by atoms with Crippen molar-refractivity contribution in [3.63, 3.8) is 0 Å². The number of carboxylic acid groups (broad SMARTS) is 1. The van der Waals surface area contributed by atoms with Gasteiger partial charge >= 0.3 is 5.97 Å². The molecule has 0 bridgehead atoms. The predicted octanol–water partition coefficient (Wildman–Crippen LogP) is 5.49. The number of thiocarbonyl (C=S) groups is 1. The van der Waals surface area contributed by atoms with Crippen LogP contribution in [0.2, 0.25) is 0 Å². The summed E-state index contributed by atoms with van der Waals surface area (Å²) in [5.74, 6) is -1.20. The van der Waals surface area contributed by atoms with E-state index in [1.165, 1.54) is 18.1 Å². The second-order valence-electron chi connectivity index (χ2n) is 8.16. The summed E-state index contributed by atoms with van der Waals surface area (Å²) >= 11 is 6.46. The highest BCUT2D eigenvalue weighted by Gasteiger charge is 2.40. The van der Waals surface area contributed by atoms with Crippen LogP contribution >= 0.6 is 24.0 Å². The zero-order chi connectivity index (χ0) is 26.4. The molecule has 1 heterocycles. The number of methoxy groups -OCH3 is 1. The monoisotopic (exact) mass is 529 g/mol. The average molecular weight is 530 g/mol. The van der Waals surface area contributed by atoms with Gasteiger partial charge in [-0.1, -0.05) is 96.8 Å². The molecule has 3 aromatic rings. The van der Waals surface area contributed by atoms with Gasteiger partial charge in [-0.3, -0.25) is 14.5 Å². The molecule has 1 amide bonds. The van der Waals surface area contributed by atoms with Crippen molar-refractivity contribution in [2.24, 2.45) is 0 Å². The molecule has 4 rings (SSSR count). The van der Waals surface area contributed by atoms with Gasteiger partial charge in [-0.15, -0.1) is 0 Å². The number of hydrogen-bond donors (Lipinski definition) is 1. The van der Waals surface area contributed by atoms with Crippen LogP contribution in [0.25, 0.3) is 12.2 Å². The molecule has 1 fully saturated rings. The fourth-order valence-corrected chi connectivity index (χ4v) is 5.20. The number of benzene rings is 3. The van der Waals surface area contributed by atoms with Crippen molar-refractivity contribution in [1.82, 2.24) is 4.90 Å². The van der Waals surface area contributed by atoms with Crippen LogP contribution in [-0.2, 0) is 16.0 Å². The minimum atomic E-state index is -1.11. The van der Waals surface area contributed by atoms with E-state index in [0.29, 0.717) is 16.2 Å². The van der Waals surface area contributed by atoms with Crippen LogP contribution in [0.1, 0.15) is 27.0 Å². The molecule has 1 N–H and O–H groups in total. The maximum Gasteiger partial charge on any atom is 0.327 e. The van der Waals surface area contributed by atoms with Crippen LogP contribution in [0.5, 0.6) is 5.75 Å². The molecule has 37 heavy (non-hydrogen) atoms. The lowest BCUT2D eigenvalue weighted by Gasteiger charge is -2.23. The van der Waals surface area contributed by atoms with Crippen molar-refractivity contribution in [2.45, 2.75) is 12.5 Å². The maximum absolute atomic E-state index is 13.1. The molecule has 0 aromatic heterocycles. The molecule has 1 aliphatic heterocycles. The highest BCUT2D eigenvalue weighted by atomic mass is 32.2. The SMILES string of the molecule is COc1ccccc1C(=O)/C=C/c1ccc(/C=C2\SC(=S)N(C(Cc3ccccc3)C(=O)O)C2=O)cc1. The minimum Gasteiger partial charge on any atom is -0.496 e. The molecule has 1 atom stereocenters. The number of thioether (sulfide) groups is 1. The van der Waals surface area contributed by atoms with Crippen LogP contribution < -0.4 is 4.74 Å². The predicted molar refractivity (Wildman–Crippen MR) is 149 cm³/mol. The van der Waals surface area contributed by atoms with Crippen molar-refractivity contribution < 1.29 is 24.2 Å². The Morgan fingerprint density at radius 2 is 1.65 bits per heavy atom. The van der Waals surface area contributed by atoms with E-state index in [0.717, 1.165) is 28.5 Å². The number of amides is 1. The van der Waals surface area contributed by atoms with Gasteiger partial charge in [-0.05, 0) is 41.0 Å². The van der Waals surface area contributed by atoms with Crippen molar-refractivity contribution >= 4 is 58.1 Å². The summed E-state index contributed by atoms with van der Waals surface area (Å²) in [5, 5.41) is 9.81. The van der Waals surface area contributed by atoms with Crippen molar-refractivity contribution in [1.29, 1.82) is 0 Å². The lowest BCUT2D eigenvalue weighted by Crippen LogP contribution is -2.45. The standard InChI is InChI=1S/C29H23NO5S2/c1-35-25-10-6-5-9-22(25)24(31)16-15-19-11-13-21(14-12-19)18-26-27(32)30(29(36)37-26)23(28(33)34)17-20-7-3-2-4-8-20/h2-16,18,23H,17H2,1H3,(H,33,34)/b16-15+,26-18-. The second-order valence-corrected chi connectivity index (χ2v) is 9.84. The Bertz CT molecular complexity index is 1400. The van der Waals surface area contributed by atoms with E-state index in [1.54, 1.807) is 36.4 Å². The summed E-state index contributed by atoms with van der Waals surface area (Å²) < 4.78 is 5.46. The maximum atomic E-state index is 13.1. The first kappa shape index (κ1) is 26.1. The smallest absolute Gasteiger partial charge is 0.327 e. The molecule has 6 nitrogen and oxygen atoms in total. The van der Waals surface area contributed by atoms with Crippen molar-refractivity contribution in [3.05, 3.63) is 112 Å². The molecule has 0 radical (unpaired) electrons. The van der Waals surface area contributed by atoms with Gasteiger partial charge in [-0.25, -0.2) is 4.79 Å². The fraction of sp³-hybridized carbons (Fsp3) is 0.103. The summed E-state index contributed by atoms with van der Waals surface area (Å²) in [6, 6.07) is 22.4. The van der Waals surface area contributed by atoms with Crippen molar-refractivity contribution in [2.75, 3.05) is 7.11 Å². The molecule has 1 saturated heterocycles. The molecule has 1 aliphatic rings. The third-order valence-corrected chi connectivity index (χ3v) is 7.06. The second kappa shape index (κ2) is 11.8. The normalized spacial score (nSPS) is 15.4. The van der Waals surface area contributed by atoms with Crippen LogP contribution in [0.15, 0.2) is 89.8 Å². The van der Waals surface area contributed by atoms with Gasteiger partial charge in [0.05, 0.1) is 17.6 Å². The van der Waals surface area contributed by atoms with Crippen molar-refractivity contribution in [3.8, 4) is 5.75 Å². The molecule has 0 spiro atoms. The Kier molecular flexibility index (Phi) is 8.32. The van der Waals surface area contributed by atoms with Crippen LogP contribution in [-0.4, -0.2) is 45.1 Å². The number of carbonyl (C=O) groups is 3. The van der Waals surface area contributed by atoms with Gasteiger partial charge in [0, 0.05) is 6.42 Å². The summed E-state index contributed by atoms with van der Waals surface area (Å²) in [7, 11) is 1.52. The van der Waals surface area contributed by atoms with E-state index >= 15 is 0 Å². The quantitative estimate of drug-likeness (QED) is 0.223. The molecule has 8 heteroatoms. The van der Waals surface area contributed by atoms with E-state index in [-0.39, 0.29) is 16.5 Å². The third kappa shape index (κ3) is 6.22. The fourth-order valence-electron chi connectivity index (χ4n) is 3.84. The highest BCUT2D eigenvalue weighted by molar-refractivity contribution is 8.26. The number of nitrogens with zero attached hydrogens (tertiary/aromatic N) is 1. The number of ketones is 1. The molecule has 0 aliphatic carbocycles. The molecule has 186 valence electrons. The summed E-state index contributed by atoms with van der Waals surface area (Å²) in [4.78, 5) is 39.2. The summed E-state index contributed by atoms with van der Waals surface area (Å²) in [6.45, 7) is 0. The van der Waals surface area contributed by atoms with E-state index in [2.05, 4.69) is 0 Å². The van der Waals surface area contributed by atoms with Gasteiger partial charge in [-0.2, -0.15) is 0 Å². The number of carboxylic acids is 1. The van der Waals surface area contributed by atoms with Gasteiger partial charge < -0.3 is 9.84 Å². The number of para-hydroxylation sites is 1. The van der Waals surface area contributed by atoms with Crippen LogP contribution in [0.3, 0.4) is 0 Å². The molecular formula is C29H23NO5S2. The number of ether oxygens (including phenoxy) is 1. The Labute approximate surface area is 224 Å². The first-order chi connectivity index (χ1) is 17.9. The summed E-state index contributed by atoms with van der Waals surface area (Å²) in [6.07, 6.45) is 5.04. The Hall–Kier alpha value is -4.01. The Morgan fingerprint density at radius 3 is 2.32 bits per heavy atom. The van der Waals surface area contributed by atoms with Gasteiger partial charge in [0.2, 0.25) is 0 Å². The van der Waals surface area contributed by atoms with E-state index in [1.807, 2.05) is 54.6 Å². The molecular weight excluding hydrogens is 506 g/mol. The van der Waals surface area contributed by atoms with Crippen LogP contribution in [0.4, 0.5) is 0 Å². The van der Waals surface area contributed by atoms with E-state index in [4.69, 9.17) is 17.0 Å². The lowest BCUT2D eigenvalue weighted by atomic mass is 10.0.